The van der Waals surface area contributed by atoms with E-state index in [0.717, 1.165) is 13.1 Å². The van der Waals surface area contributed by atoms with Gasteiger partial charge >= 0.3 is 0 Å². The molecule has 18 heavy (non-hydrogen) atoms. The molecule has 0 aliphatic carbocycles. The summed E-state index contributed by atoms with van der Waals surface area (Å²) >= 11 is 0. The summed E-state index contributed by atoms with van der Waals surface area (Å²) in [4.78, 5) is 0. The minimum atomic E-state index is -2.89. The van der Waals surface area contributed by atoms with Crippen LogP contribution in [0.4, 0.5) is 0 Å². The summed E-state index contributed by atoms with van der Waals surface area (Å²) in [5, 5.41) is 3.31. The van der Waals surface area contributed by atoms with Gasteiger partial charge in [-0.15, -0.1) is 0 Å². The topological polar surface area (TPSA) is 46.2 Å². The van der Waals surface area contributed by atoms with Gasteiger partial charge in [0, 0.05) is 12.8 Å². The molecule has 102 valence electrons. The van der Waals surface area contributed by atoms with E-state index in [1.165, 1.54) is 17.4 Å². The fourth-order valence-corrected chi connectivity index (χ4v) is 2.70. The van der Waals surface area contributed by atoms with E-state index in [1.54, 1.807) is 0 Å². The Morgan fingerprint density at radius 3 is 2.61 bits per heavy atom. The molecule has 0 saturated heterocycles. The van der Waals surface area contributed by atoms with E-state index in [0.29, 0.717) is 6.42 Å². The molecule has 0 bridgehead atoms. The Morgan fingerprint density at radius 2 is 2.06 bits per heavy atom. The van der Waals surface area contributed by atoms with Crippen LogP contribution in [0.2, 0.25) is 0 Å². The molecule has 0 spiro atoms. The molecule has 0 aliphatic heterocycles. The number of likely N-dealkylation sites (N-methyl/N-ethyl adjacent to an activating group) is 1. The molecule has 1 aromatic rings. The monoisotopic (exact) mass is 269 g/mol. The van der Waals surface area contributed by atoms with Gasteiger partial charge in [-0.1, -0.05) is 36.8 Å². The van der Waals surface area contributed by atoms with Crippen molar-refractivity contribution >= 4 is 9.84 Å². The maximum atomic E-state index is 11.3. The minimum absolute atomic E-state index is 0.247. The fourth-order valence-electron chi connectivity index (χ4n) is 1.99. The molecule has 3 nitrogen and oxygen atoms in total. The van der Waals surface area contributed by atoms with Gasteiger partial charge in [0.25, 0.3) is 0 Å². The Bertz CT molecular complexity index is 468. The van der Waals surface area contributed by atoms with E-state index in [9.17, 15) is 8.42 Å². The predicted molar refractivity (Wildman–Crippen MR) is 76.8 cm³/mol. The second kappa shape index (κ2) is 6.90. The number of aryl methyl sites for hydroxylation is 1. The second-order valence-electron chi connectivity index (χ2n) is 4.84. The zero-order valence-corrected chi connectivity index (χ0v) is 12.3. The lowest BCUT2D eigenvalue weighted by Gasteiger charge is -2.18. The van der Waals surface area contributed by atoms with E-state index in [4.69, 9.17) is 0 Å². The summed E-state index contributed by atoms with van der Waals surface area (Å²) in [5.41, 5.74) is 2.44. The lowest BCUT2D eigenvalue weighted by atomic mass is 9.95. The number of rotatable bonds is 7. The molecule has 0 radical (unpaired) electrons. The highest BCUT2D eigenvalue weighted by Crippen LogP contribution is 2.20. The van der Waals surface area contributed by atoms with Crippen molar-refractivity contribution in [3.05, 3.63) is 35.4 Å². The number of hydrogen-bond donors (Lipinski definition) is 1. The van der Waals surface area contributed by atoms with Gasteiger partial charge in [-0.05, 0) is 31.4 Å². The van der Waals surface area contributed by atoms with E-state index < -0.39 is 9.84 Å². The van der Waals surface area contributed by atoms with Crippen molar-refractivity contribution < 1.29 is 8.42 Å². The zero-order valence-electron chi connectivity index (χ0n) is 11.4. The number of benzene rings is 1. The molecule has 1 N–H and O–H groups in total. The van der Waals surface area contributed by atoms with Crippen LogP contribution in [0.3, 0.4) is 0 Å². The van der Waals surface area contributed by atoms with E-state index in [-0.39, 0.29) is 11.7 Å². The molecule has 1 atom stereocenters. The quantitative estimate of drug-likeness (QED) is 0.825. The highest BCUT2D eigenvalue weighted by atomic mass is 32.2. The van der Waals surface area contributed by atoms with Crippen molar-refractivity contribution in [2.75, 3.05) is 25.1 Å². The van der Waals surface area contributed by atoms with Gasteiger partial charge in [0.2, 0.25) is 0 Å². The number of hydrogen-bond acceptors (Lipinski definition) is 3. The summed E-state index contributed by atoms with van der Waals surface area (Å²) in [6, 6.07) is 8.32. The molecule has 4 heteroatoms. The van der Waals surface area contributed by atoms with Crippen molar-refractivity contribution in [2.24, 2.45) is 0 Å². The third-order valence-electron chi connectivity index (χ3n) is 2.99. The van der Waals surface area contributed by atoms with E-state index in [2.05, 4.69) is 37.4 Å². The number of sulfone groups is 1. The third-order valence-corrected chi connectivity index (χ3v) is 3.97. The molecule has 1 rings (SSSR count). The Morgan fingerprint density at radius 1 is 1.33 bits per heavy atom. The lowest BCUT2D eigenvalue weighted by Crippen LogP contribution is -2.23. The van der Waals surface area contributed by atoms with Gasteiger partial charge in [0.15, 0.2) is 0 Å². The second-order valence-corrected chi connectivity index (χ2v) is 7.10. The molecule has 1 aromatic carbocycles. The lowest BCUT2D eigenvalue weighted by molar-refractivity contribution is 0.566. The standard InChI is InChI=1S/C14H23NO2S/c1-4-15-11-14(8-9-18(3,16)17)13-7-5-6-12(2)10-13/h5-7,10,14-15H,4,8-9,11H2,1-3H3. The van der Waals surface area contributed by atoms with Gasteiger partial charge in [-0.2, -0.15) is 0 Å². The first-order chi connectivity index (χ1) is 8.42. The largest absolute Gasteiger partial charge is 0.316 e. The first kappa shape index (κ1) is 15.2. The minimum Gasteiger partial charge on any atom is -0.316 e. The van der Waals surface area contributed by atoms with Crippen LogP contribution < -0.4 is 5.32 Å². The Kier molecular flexibility index (Phi) is 5.82. The van der Waals surface area contributed by atoms with Crippen LogP contribution in [0.5, 0.6) is 0 Å². The molecule has 0 saturated carbocycles. The molecule has 0 aromatic heterocycles. The first-order valence-electron chi connectivity index (χ1n) is 6.37. The molecular formula is C14H23NO2S. The molecule has 0 heterocycles. The number of nitrogens with one attached hydrogen (secondary N) is 1. The molecule has 0 fully saturated rings. The van der Waals surface area contributed by atoms with Crippen molar-refractivity contribution in [1.82, 2.24) is 5.32 Å². The highest BCUT2D eigenvalue weighted by Gasteiger charge is 2.14. The van der Waals surface area contributed by atoms with Crippen LogP contribution in [0.15, 0.2) is 24.3 Å². The van der Waals surface area contributed by atoms with Crippen LogP contribution in [0.25, 0.3) is 0 Å². The van der Waals surface area contributed by atoms with Crippen molar-refractivity contribution in [2.45, 2.75) is 26.2 Å². The normalized spacial score (nSPS) is 13.5. The summed E-state index contributed by atoms with van der Waals surface area (Å²) in [6.45, 7) is 5.85. The van der Waals surface area contributed by atoms with Crippen LogP contribution in [-0.4, -0.2) is 33.5 Å². The zero-order chi connectivity index (χ0) is 13.6. The Hall–Kier alpha value is -0.870. The average molecular weight is 269 g/mol. The van der Waals surface area contributed by atoms with Gasteiger partial charge < -0.3 is 5.32 Å². The summed E-state index contributed by atoms with van der Waals surface area (Å²) in [5.74, 6) is 0.511. The average Bonchev–Trinajstić information content (AvgIpc) is 2.28. The first-order valence-corrected chi connectivity index (χ1v) is 8.43. The van der Waals surface area contributed by atoms with Gasteiger partial charge in [-0.25, -0.2) is 8.42 Å². The molecule has 0 amide bonds. The highest BCUT2D eigenvalue weighted by molar-refractivity contribution is 7.90. The van der Waals surface area contributed by atoms with E-state index >= 15 is 0 Å². The maximum Gasteiger partial charge on any atom is 0.147 e. The van der Waals surface area contributed by atoms with Crippen molar-refractivity contribution in [3.63, 3.8) is 0 Å². The molecule has 0 aliphatic rings. The summed E-state index contributed by atoms with van der Waals surface area (Å²) in [6.07, 6.45) is 1.98. The Balaban J connectivity index is 2.77. The molecular weight excluding hydrogens is 246 g/mol. The van der Waals surface area contributed by atoms with Crippen LogP contribution in [0, 0.1) is 6.92 Å². The van der Waals surface area contributed by atoms with Gasteiger partial charge in [0.05, 0.1) is 5.75 Å². The molecule has 1 unspecified atom stereocenters. The van der Waals surface area contributed by atoms with Crippen LogP contribution in [-0.2, 0) is 9.84 Å². The van der Waals surface area contributed by atoms with Crippen molar-refractivity contribution in [3.8, 4) is 0 Å². The van der Waals surface area contributed by atoms with Gasteiger partial charge in [-0.3, -0.25) is 0 Å². The maximum absolute atomic E-state index is 11.3. The predicted octanol–water partition coefficient (Wildman–Crippen LogP) is 2.12. The summed E-state index contributed by atoms with van der Waals surface area (Å²) in [7, 11) is -2.89. The van der Waals surface area contributed by atoms with Crippen LogP contribution in [0.1, 0.15) is 30.4 Å². The van der Waals surface area contributed by atoms with Gasteiger partial charge in [0.1, 0.15) is 9.84 Å². The smallest absolute Gasteiger partial charge is 0.147 e. The summed E-state index contributed by atoms with van der Waals surface area (Å²) < 4.78 is 22.6. The third kappa shape index (κ3) is 5.65. The van der Waals surface area contributed by atoms with Crippen molar-refractivity contribution in [1.29, 1.82) is 0 Å². The fraction of sp³-hybridized carbons (Fsp3) is 0.571. The SMILES string of the molecule is CCNCC(CCS(C)(=O)=O)c1cccc(C)c1. The Labute approximate surface area is 111 Å². The van der Waals surface area contributed by atoms with E-state index in [1.807, 2.05) is 6.07 Å². The van der Waals surface area contributed by atoms with Crippen LogP contribution >= 0.6 is 0 Å².